The van der Waals surface area contributed by atoms with Gasteiger partial charge in [-0.25, -0.2) is 9.18 Å². The second kappa shape index (κ2) is 8.24. The molecule has 2 N–H and O–H groups in total. The third kappa shape index (κ3) is 5.61. The molecule has 2 aromatic rings. The highest BCUT2D eigenvalue weighted by molar-refractivity contribution is 6.30. The van der Waals surface area contributed by atoms with Crippen molar-refractivity contribution in [1.82, 2.24) is 10.6 Å². The first-order valence-corrected chi connectivity index (χ1v) is 7.16. The van der Waals surface area contributed by atoms with Gasteiger partial charge in [-0.2, -0.15) is 0 Å². The van der Waals surface area contributed by atoms with E-state index in [1.165, 1.54) is 12.1 Å². The summed E-state index contributed by atoms with van der Waals surface area (Å²) in [4.78, 5) is 11.5. The predicted molar refractivity (Wildman–Crippen MR) is 83.6 cm³/mol. The summed E-state index contributed by atoms with van der Waals surface area (Å²) in [6.07, 6.45) is 0.559. The Morgan fingerprint density at radius 2 is 1.91 bits per heavy atom. The first-order chi connectivity index (χ1) is 10.6. The highest BCUT2D eigenvalue weighted by Gasteiger charge is 2.01. The van der Waals surface area contributed by atoms with Crippen molar-refractivity contribution in [3.63, 3.8) is 0 Å². The van der Waals surface area contributed by atoms with Gasteiger partial charge in [0.15, 0.2) is 6.73 Å². The molecule has 0 atom stereocenters. The molecule has 0 aliphatic heterocycles. The van der Waals surface area contributed by atoms with Crippen LogP contribution in [-0.4, -0.2) is 19.3 Å². The summed E-state index contributed by atoms with van der Waals surface area (Å²) in [7, 11) is 0. The van der Waals surface area contributed by atoms with Crippen LogP contribution in [0, 0.1) is 5.82 Å². The molecule has 2 rings (SSSR count). The fraction of sp³-hybridized carbons (Fsp3) is 0.188. The van der Waals surface area contributed by atoms with E-state index in [9.17, 15) is 9.18 Å². The van der Waals surface area contributed by atoms with Crippen molar-refractivity contribution in [2.75, 3.05) is 13.3 Å². The van der Waals surface area contributed by atoms with Crippen LogP contribution in [0.1, 0.15) is 5.56 Å². The van der Waals surface area contributed by atoms with Crippen LogP contribution < -0.4 is 15.4 Å². The van der Waals surface area contributed by atoms with Gasteiger partial charge in [-0.15, -0.1) is 0 Å². The molecule has 0 saturated carbocycles. The van der Waals surface area contributed by atoms with Crippen LogP contribution in [0.25, 0.3) is 0 Å². The van der Waals surface area contributed by atoms with Crippen molar-refractivity contribution in [1.29, 1.82) is 0 Å². The van der Waals surface area contributed by atoms with E-state index in [1.54, 1.807) is 30.3 Å². The summed E-state index contributed by atoms with van der Waals surface area (Å²) in [5, 5.41) is 5.86. The van der Waals surface area contributed by atoms with E-state index in [0.717, 1.165) is 5.56 Å². The zero-order valence-electron chi connectivity index (χ0n) is 11.8. The van der Waals surface area contributed by atoms with Crippen molar-refractivity contribution in [2.45, 2.75) is 6.42 Å². The lowest BCUT2D eigenvalue weighted by atomic mass is 10.1. The van der Waals surface area contributed by atoms with Gasteiger partial charge < -0.3 is 15.4 Å². The van der Waals surface area contributed by atoms with Gasteiger partial charge >= 0.3 is 6.03 Å². The number of carbonyl (C=O) groups is 1. The number of rotatable bonds is 6. The van der Waals surface area contributed by atoms with Gasteiger partial charge in [-0.3, -0.25) is 0 Å². The summed E-state index contributed by atoms with van der Waals surface area (Å²) in [5.74, 6) is 0.336. The average molecular weight is 323 g/mol. The van der Waals surface area contributed by atoms with Gasteiger partial charge in [0.2, 0.25) is 0 Å². The third-order valence-corrected chi connectivity index (χ3v) is 3.13. The van der Waals surface area contributed by atoms with Crippen molar-refractivity contribution in [3.05, 3.63) is 64.9 Å². The molecule has 0 aromatic heterocycles. The van der Waals surface area contributed by atoms with Crippen LogP contribution in [0.15, 0.2) is 48.5 Å². The van der Waals surface area contributed by atoms with Gasteiger partial charge in [-0.1, -0.05) is 23.7 Å². The first-order valence-electron chi connectivity index (χ1n) is 6.78. The first kappa shape index (κ1) is 16.1. The van der Waals surface area contributed by atoms with E-state index < -0.39 is 0 Å². The third-order valence-electron chi connectivity index (χ3n) is 2.87. The zero-order chi connectivity index (χ0) is 15.8. The maximum atomic E-state index is 13.0. The minimum Gasteiger partial charge on any atom is -0.473 e. The summed E-state index contributed by atoms with van der Waals surface area (Å²) >= 11 is 5.75. The normalized spacial score (nSPS) is 10.1. The lowest BCUT2D eigenvalue weighted by Gasteiger charge is -2.09. The highest BCUT2D eigenvalue weighted by Crippen LogP contribution is 2.14. The number of nitrogens with one attached hydrogen (secondary N) is 2. The standard InChI is InChI=1S/C16H16ClFN2O2/c17-13-4-6-15(7-5-13)22-11-20-16(21)19-9-8-12-2-1-3-14(18)10-12/h1-7,10H,8-9,11H2,(H2,19,20,21). The fourth-order valence-electron chi connectivity index (χ4n) is 1.79. The number of hydrogen-bond acceptors (Lipinski definition) is 2. The van der Waals surface area contributed by atoms with Gasteiger partial charge in [-0.05, 0) is 48.4 Å². The van der Waals surface area contributed by atoms with E-state index >= 15 is 0 Å². The van der Waals surface area contributed by atoms with Crippen molar-refractivity contribution in [2.24, 2.45) is 0 Å². The molecule has 0 aliphatic carbocycles. The van der Waals surface area contributed by atoms with Crippen LogP contribution in [0.4, 0.5) is 9.18 Å². The minimum absolute atomic E-state index is 0.0490. The van der Waals surface area contributed by atoms with Crippen LogP contribution in [-0.2, 0) is 6.42 Å². The summed E-state index contributed by atoms with van der Waals surface area (Å²) in [5.41, 5.74) is 0.831. The zero-order valence-corrected chi connectivity index (χ0v) is 12.6. The van der Waals surface area contributed by atoms with Crippen LogP contribution in [0.2, 0.25) is 5.02 Å². The van der Waals surface area contributed by atoms with E-state index in [-0.39, 0.29) is 18.6 Å². The largest absolute Gasteiger partial charge is 0.473 e. The number of carbonyl (C=O) groups excluding carboxylic acids is 1. The van der Waals surface area contributed by atoms with Crippen molar-refractivity contribution >= 4 is 17.6 Å². The second-order valence-electron chi connectivity index (χ2n) is 4.56. The summed E-state index contributed by atoms with van der Waals surface area (Å²) in [6, 6.07) is 12.8. The topological polar surface area (TPSA) is 50.4 Å². The molecule has 116 valence electrons. The Morgan fingerprint density at radius 1 is 1.14 bits per heavy atom. The summed E-state index contributed by atoms with van der Waals surface area (Å²) < 4.78 is 18.3. The fourth-order valence-corrected chi connectivity index (χ4v) is 1.92. The lowest BCUT2D eigenvalue weighted by Crippen LogP contribution is -2.38. The number of amides is 2. The predicted octanol–water partition coefficient (Wildman–Crippen LogP) is 3.36. The Bertz CT molecular complexity index is 620. The molecule has 0 unspecified atom stereocenters. The van der Waals surface area contributed by atoms with E-state index in [1.807, 2.05) is 6.07 Å². The molecule has 0 spiro atoms. The highest BCUT2D eigenvalue weighted by atomic mass is 35.5. The lowest BCUT2D eigenvalue weighted by molar-refractivity contribution is 0.224. The quantitative estimate of drug-likeness (QED) is 0.801. The minimum atomic E-state index is -0.342. The Kier molecular flexibility index (Phi) is 6.03. The number of ether oxygens (including phenoxy) is 1. The molecule has 6 heteroatoms. The van der Waals surface area contributed by atoms with Gasteiger partial charge in [0.1, 0.15) is 11.6 Å². The van der Waals surface area contributed by atoms with E-state index in [2.05, 4.69) is 10.6 Å². The smallest absolute Gasteiger partial charge is 0.317 e. The molecule has 2 amide bonds. The Balaban J connectivity index is 1.62. The molecule has 0 heterocycles. The summed E-state index contributed by atoms with van der Waals surface area (Å²) in [6.45, 7) is 0.462. The van der Waals surface area contributed by atoms with Crippen molar-refractivity contribution < 1.29 is 13.9 Å². The van der Waals surface area contributed by atoms with Gasteiger partial charge in [0.25, 0.3) is 0 Å². The number of hydrogen-bond donors (Lipinski definition) is 2. The van der Waals surface area contributed by atoms with Crippen LogP contribution >= 0.6 is 11.6 Å². The van der Waals surface area contributed by atoms with Crippen LogP contribution in [0.5, 0.6) is 5.75 Å². The van der Waals surface area contributed by atoms with Gasteiger partial charge in [0.05, 0.1) is 0 Å². The molecule has 4 nitrogen and oxygen atoms in total. The molecule has 0 aliphatic rings. The molecular weight excluding hydrogens is 307 g/mol. The monoisotopic (exact) mass is 322 g/mol. The Morgan fingerprint density at radius 3 is 2.64 bits per heavy atom. The maximum Gasteiger partial charge on any atom is 0.317 e. The average Bonchev–Trinajstić information content (AvgIpc) is 2.49. The molecule has 0 bridgehead atoms. The van der Waals surface area contributed by atoms with E-state index in [4.69, 9.17) is 16.3 Å². The molecule has 0 radical (unpaired) electrons. The molecule has 0 saturated heterocycles. The van der Waals surface area contributed by atoms with Gasteiger partial charge in [0, 0.05) is 11.6 Å². The Labute approximate surface area is 133 Å². The molecule has 2 aromatic carbocycles. The molecule has 22 heavy (non-hydrogen) atoms. The number of benzene rings is 2. The Hall–Kier alpha value is -2.27. The SMILES string of the molecule is O=C(NCCc1cccc(F)c1)NCOc1ccc(Cl)cc1. The van der Waals surface area contributed by atoms with E-state index in [0.29, 0.717) is 23.7 Å². The number of halogens is 2. The van der Waals surface area contributed by atoms with Crippen molar-refractivity contribution in [3.8, 4) is 5.75 Å². The second-order valence-corrected chi connectivity index (χ2v) is 4.99. The number of urea groups is 1. The molecular formula is C16H16ClFN2O2. The maximum absolute atomic E-state index is 13.0. The molecule has 0 fully saturated rings. The van der Waals surface area contributed by atoms with Crippen LogP contribution in [0.3, 0.4) is 0 Å².